The van der Waals surface area contributed by atoms with Crippen molar-refractivity contribution in [1.29, 1.82) is 0 Å². The first kappa shape index (κ1) is 20.0. The molecule has 0 aliphatic carbocycles. The lowest BCUT2D eigenvalue weighted by atomic mass is 10.1. The number of hydrogen-bond donors (Lipinski definition) is 1. The molecule has 4 nitrogen and oxygen atoms in total. The van der Waals surface area contributed by atoms with E-state index in [-0.39, 0.29) is 24.0 Å². The van der Waals surface area contributed by atoms with Crippen molar-refractivity contribution in [2.75, 3.05) is 20.6 Å². The summed E-state index contributed by atoms with van der Waals surface area (Å²) in [6.07, 6.45) is 3.05. The number of benzene rings is 1. The normalized spacial score (nSPS) is 11.0. The second-order valence-electron chi connectivity index (χ2n) is 5.33. The fourth-order valence-corrected chi connectivity index (χ4v) is 2.96. The Bertz CT molecular complexity index is 625. The molecular formula is C17H24BrIN4. The summed E-state index contributed by atoms with van der Waals surface area (Å²) >= 11 is 3.51. The Morgan fingerprint density at radius 1 is 1.30 bits per heavy atom. The summed E-state index contributed by atoms with van der Waals surface area (Å²) in [4.78, 5) is 6.49. The molecule has 0 aliphatic rings. The third-order valence-corrected chi connectivity index (χ3v) is 4.02. The average molecular weight is 491 g/mol. The molecule has 0 atom stereocenters. The van der Waals surface area contributed by atoms with Crippen molar-refractivity contribution >= 4 is 45.9 Å². The van der Waals surface area contributed by atoms with Gasteiger partial charge in [-0.15, -0.1) is 24.0 Å². The SMILES string of the molecule is CN=C(NCCc1ccccc1)N(C)Cc1cc(Br)cn1C.I. The molecule has 0 amide bonds. The van der Waals surface area contributed by atoms with Crippen molar-refractivity contribution in [2.24, 2.45) is 12.0 Å². The predicted molar refractivity (Wildman–Crippen MR) is 112 cm³/mol. The molecule has 0 aliphatic heterocycles. The van der Waals surface area contributed by atoms with Crippen LogP contribution in [0.2, 0.25) is 0 Å². The van der Waals surface area contributed by atoms with Gasteiger partial charge in [0.15, 0.2) is 5.96 Å². The minimum Gasteiger partial charge on any atom is -0.356 e. The van der Waals surface area contributed by atoms with Crippen LogP contribution in [-0.2, 0) is 20.0 Å². The number of aliphatic imine (C=N–C) groups is 1. The molecule has 1 heterocycles. The summed E-state index contributed by atoms with van der Waals surface area (Å²) in [6.45, 7) is 1.69. The molecule has 0 radical (unpaired) electrons. The molecule has 2 rings (SSSR count). The Balaban J connectivity index is 0.00000264. The molecule has 1 aromatic carbocycles. The highest BCUT2D eigenvalue weighted by Crippen LogP contribution is 2.14. The van der Waals surface area contributed by atoms with Gasteiger partial charge in [0.05, 0.1) is 6.54 Å². The van der Waals surface area contributed by atoms with Gasteiger partial charge in [-0.2, -0.15) is 0 Å². The van der Waals surface area contributed by atoms with E-state index in [0.29, 0.717) is 0 Å². The highest BCUT2D eigenvalue weighted by atomic mass is 127. The molecule has 0 unspecified atom stereocenters. The van der Waals surface area contributed by atoms with E-state index in [1.54, 1.807) is 0 Å². The van der Waals surface area contributed by atoms with Gasteiger partial charge in [0.25, 0.3) is 0 Å². The van der Waals surface area contributed by atoms with E-state index in [1.807, 2.05) is 13.1 Å². The van der Waals surface area contributed by atoms with Crippen LogP contribution in [0.5, 0.6) is 0 Å². The van der Waals surface area contributed by atoms with Gasteiger partial charge in [-0.1, -0.05) is 30.3 Å². The van der Waals surface area contributed by atoms with Gasteiger partial charge in [0.2, 0.25) is 0 Å². The van der Waals surface area contributed by atoms with Crippen LogP contribution in [0.1, 0.15) is 11.3 Å². The van der Waals surface area contributed by atoms with Crippen LogP contribution in [0, 0.1) is 0 Å². The van der Waals surface area contributed by atoms with Gasteiger partial charge in [0.1, 0.15) is 0 Å². The molecule has 6 heteroatoms. The second kappa shape index (κ2) is 9.97. The third kappa shape index (κ3) is 6.18. The molecule has 0 saturated carbocycles. The van der Waals surface area contributed by atoms with Gasteiger partial charge < -0.3 is 14.8 Å². The van der Waals surface area contributed by atoms with E-state index in [9.17, 15) is 0 Å². The van der Waals surface area contributed by atoms with Gasteiger partial charge >= 0.3 is 0 Å². The Morgan fingerprint density at radius 2 is 2.00 bits per heavy atom. The van der Waals surface area contributed by atoms with Crippen molar-refractivity contribution in [2.45, 2.75) is 13.0 Å². The van der Waals surface area contributed by atoms with Gasteiger partial charge in [0, 0.05) is 44.1 Å². The Kier molecular flexibility index (Phi) is 8.68. The first-order valence-corrected chi connectivity index (χ1v) is 8.16. The largest absolute Gasteiger partial charge is 0.356 e. The molecule has 0 bridgehead atoms. The first-order valence-electron chi connectivity index (χ1n) is 7.36. The Morgan fingerprint density at radius 3 is 2.57 bits per heavy atom. The highest BCUT2D eigenvalue weighted by Gasteiger charge is 2.09. The molecule has 0 spiro atoms. The van der Waals surface area contributed by atoms with E-state index in [0.717, 1.165) is 29.9 Å². The van der Waals surface area contributed by atoms with Crippen molar-refractivity contribution in [1.82, 2.24) is 14.8 Å². The highest BCUT2D eigenvalue weighted by molar-refractivity contribution is 14.0. The van der Waals surface area contributed by atoms with Crippen molar-refractivity contribution in [3.05, 3.63) is 58.3 Å². The van der Waals surface area contributed by atoms with Gasteiger partial charge in [-0.05, 0) is 34.0 Å². The van der Waals surface area contributed by atoms with E-state index < -0.39 is 0 Å². The smallest absolute Gasteiger partial charge is 0.193 e. The van der Waals surface area contributed by atoms with Crippen LogP contribution in [0.4, 0.5) is 0 Å². The Hall–Kier alpha value is -1.02. The van der Waals surface area contributed by atoms with Crippen molar-refractivity contribution in [3.8, 4) is 0 Å². The Labute approximate surface area is 164 Å². The standard InChI is InChI=1S/C17H23BrN4.HI/c1-19-17(20-10-9-14-7-5-4-6-8-14)22(3)13-16-11-15(18)12-21(16)2;/h4-8,11-12H,9-10,13H2,1-3H3,(H,19,20);1H. The molecule has 1 aromatic heterocycles. The van der Waals surface area contributed by atoms with Crippen molar-refractivity contribution < 1.29 is 0 Å². The summed E-state index contributed by atoms with van der Waals surface area (Å²) < 4.78 is 3.23. The van der Waals surface area contributed by atoms with Gasteiger partial charge in [-0.3, -0.25) is 4.99 Å². The predicted octanol–water partition coefficient (Wildman–Crippen LogP) is 3.66. The van der Waals surface area contributed by atoms with E-state index >= 15 is 0 Å². The molecule has 126 valence electrons. The number of nitrogens with one attached hydrogen (secondary N) is 1. The summed E-state index contributed by atoms with van der Waals surface area (Å²) in [6, 6.07) is 12.6. The van der Waals surface area contributed by atoms with Crippen LogP contribution in [0.3, 0.4) is 0 Å². The maximum absolute atomic E-state index is 4.36. The maximum Gasteiger partial charge on any atom is 0.193 e. The molecule has 23 heavy (non-hydrogen) atoms. The number of halogens is 2. The lowest BCUT2D eigenvalue weighted by molar-refractivity contribution is 0.462. The first-order chi connectivity index (χ1) is 10.6. The zero-order valence-electron chi connectivity index (χ0n) is 13.8. The summed E-state index contributed by atoms with van der Waals surface area (Å²) in [5.74, 6) is 0.910. The number of aromatic nitrogens is 1. The summed E-state index contributed by atoms with van der Waals surface area (Å²) in [7, 11) is 5.93. The molecule has 1 N–H and O–H groups in total. The van der Waals surface area contributed by atoms with Crippen LogP contribution in [0.15, 0.2) is 52.1 Å². The zero-order chi connectivity index (χ0) is 15.9. The zero-order valence-corrected chi connectivity index (χ0v) is 17.7. The van der Waals surface area contributed by atoms with Crippen LogP contribution >= 0.6 is 39.9 Å². The number of guanidine groups is 1. The minimum absolute atomic E-state index is 0. The fraction of sp³-hybridized carbons (Fsp3) is 0.353. The number of aryl methyl sites for hydroxylation is 1. The number of nitrogens with zero attached hydrogens (tertiary/aromatic N) is 3. The monoisotopic (exact) mass is 490 g/mol. The molecule has 2 aromatic rings. The quantitative estimate of drug-likeness (QED) is 0.394. The van der Waals surface area contributed by atoms with Crippen LogP contribution in [0.25, 0.3) is 0 Å². The topological polar surface area (TPSA) is 32.6 Å². The number of rotatable bonds is 5. The maximum atomic E-state index is 4.36. The van der Waals surface area contributed by atoms with E-state index in [1.165, 1.54) is 11.3 Å². The number of hydrogen-bond acceptors (Lipinski definition) is 1. The second-order valence-corrected chi connectivity index (χ2v) is 6.24. The minimum atomic E-state index is 0. The fourth-order valence-electron chi connectivity index (χ4n) is 2.39. The molecule has 0 saturated heterocycles. The summed E-state index contributed by atoms with van der Waals surface area (Å²) in [5.41, 5.74) is 2.57. The average Bonchev–Trinajstić information content (AvgIpc) is 2.82. The lowest BCUT2D eigenvalue weighted by Crippen LogP contribution is -2.39. The van der Waals surface area contributed by atoms with Gasteiger partial charge in [-0.25, -0.2) is 0 Å². The molecule has 0 fully saturated rings. The summed E-state index contributed by atoms with van der Waals surface area (Å²) in [5, 5.41) is 3.42. The van der Waals surface area contributed by atoms with Crippen LogP contribution < -0.4 is 5.32 Å². The van der Waals surface area contributed by atoms with Crippen molar-refractivity contribution in [3.63, 3.8) is 0 Å². The molecular weight excluding hydrogens is 467 g/mol. The lowest BCUT2D eigenvalue weighted by Gasteiger charge is -2.22. The van der Waals surface area contributed by atoms with Crippen LogP contribution in [-0.4, -0.2) is 36.1 Å². The third-order valence-electron chi connectivity index (χ3n) is 3.59. The van der Waals surface area contributed by atoms with E-state index in [4.69, 9.17) is 0 Å². The van der Waals surface area contributed by atoms with E-state index in [2.05, 4.69) is 86.3 Å².